The van der Waals surface area contributed by atoms with E-state index in [4.69, 9.17) is 41.3 Å². The van der Waals surface area contributed by atoms with E-state index in [9.17, 15) is 0 Å². The lowest BCUT2D eigenvalue weighted by molar-refractivity contribution is 0.325. The monoisotopic (exact) mass is 262 g/mol. The zero-order chi connectivity index (χ0) is 11.0. The average molecular weight is 263 g/mol. The van der Waals surface area contributed by atoms with E-state index < -0.39 is 0 Å². The quantitative estimate of drug-likeness (QED) is 0.530. The minimum Gasteiger partial charge on any atom is -0.295 e. The fourth-order valence-electron chi connectivity index (χ4n) is 1.33. The van der Waals surface area contributed by atoms with Crippen molar-refractivity contribution in [3.05, 3.63) is 33.8 Å². The van der Waals surface area contributed by atoms with Crippen molar-refractivity contribution in [1.29, 1.82) is 0 Å². The number of hydrogen-bond acceptors (Lipinski definition) is 3. The molecule has 1 atom stereocenters. The summed E-state index contributed by atoms with van der Waals surface area (Å²) in [5, 5.41) is 2.94. The topological polar surface area (TPSA) is 53.3 Å². The summed E-state index contributed by atoms with van der Waals surface area (Å²) in [6, 6.07) is 5.22. The number of halogens is 2. The molecule has 80 valence electrons. The van der Waals surface area contributed by atoms with Crippen LogP contribution in [0.1, 0.15) is 11.7 Å². The Morgan fingerprint density at radius 1 is 1.40 bits per heavy atom. The SMILES string of the molecule is NN1C(=S)NNC1c1ccc(Cl)cc1Cl. The van der Waals surface area contributed by atoms with E-state index in [0.29, 0.717) is 15.2 Å². The molecule has 1 aromatic rings. The van der Waals surface area contributed by atoms with Crippen molar-refractivity contribution in [3.8, 4) is 0 Å². The molecule has 0 amide bonds. The Balaban J connectivity index is 2.34. The molecule has 0 aromatic heterocycles. The maximum absolute atomic E-state index is 6.04. The summed E-state index contributed by atoms with van der Waals surface area (Å²) in [5.41, 5.74) is 6.48. The molecule has 4 N–H and O–H groups in total. The second kappa shape index (κ2) is 4.11. The third-order valence-electron chi connectivity index (χ3n) is 2.09. The van der Waals surface area contributed by atoms with Gasteiger partial charge in [0.15, 0.2) is 5.11 Å². The molecule has 4 nitrogen and oxygen atoms in total. The number of nitrogens with zero attached hydrogens (tertiary/aromatic N) is 1. The van der Waals surface area contributed by atoms with Gasteiger partial charge in [0.05, 0.1) is 0 Å². The lowest BCUT2D eigenvalue weighted by atomic mass is 10.2. The lowest BCUT2D eigenvalue weighted by Gasteiger charge is -2.19. The standard InChI is InChI=1S/C8H8Cl2N4S/c9-4-1-2-5(6(10)3-4)7-12-13-8(15)14(7)11/h1-3,7,12H,11H2,(H,13,15). The van der Waals surface area contributed by atoms with E-state index >= 15 is 0 Å². The number of hydrazine groups is 2. The smallest absolute Gasteiger partial charge is 0.199 e. The van der Waals surface area contributed by atoms with Crippen LogP contribution < -0.4 is 16.7 Å². The Morgan fingerprint density at radius 3 is 2.67 bits per heavy atom. The van der Waals surface area contributed by atoms with Crippen LogP contribution in [0.15, 0.2) is 18.2 Å². The van der Waals surface area contributed by atoms with Gasteiger partial charge in [0.1, 0.15) is 6.17 Å². The first-order valence-electron chi connectivity index (χ1n) is 4.14. The van der Waals surface area contributed by atoms with Gasteiger partial charge in [-0.15, -0.1) is 0 Å². The van der Waals surface area contributed by atoms with Crippen LogP contribution in [-0.4, -0.2) is 10.1 Å². The summed E-state index contributed by atoms with van der Waals surface area (Å²) in [4.78, 5) is 0. The molecule has 1 heterocycles. The zero-order valence-corrected chi connectivity index (χ0v) is 9.83. The molecule has 0 radical (unpaired) electrons. The van der Waals surface area contributed by atoms with Gasteiger partial charge in [-0.25, -0.2) is 11.3 Å². The number of rotatable bonds is 1. The maximum Gasteiger partial charge on any atom is 0.199 e. The fourth-order valence-corrected chi connectivity index (χ4v) is 2.01. The molecule has 1 fully saturated rings. The number of nitrogens with one attached hydrogen (secondary N) is 2. The molecule has 0 bridgehead atoms. The van der Waals surface area contributed by atoms with Crippen molar-refractivity contribution in [3.63, 3.8) is 0 Å². The minimum atomic E-state index is -0.276. The summed E-state index contributed by atoms with van der Waals surface area (Å²) >= 11 is 16.8. The first kappa shape index (κ1) is 10.9. The predicted molar refractivity (Wildman–Crippen MR) is 64.1 cm³/mol. The first-order valence-corrected chi connectivity index (χ1v) is 5.30. The molecule has 15 heavy (non-hydrogen) atoms. The van der Waals surface area contributed by atoms with Crippen molar-refractivity contribution in [1.82, 2.24) is 15.9 Å². The van der Waals surface area contributed by atoms with Crippen molar-refractivity contribution in [2.45, 2.75) is 6.17 Å². The Hall–Kier alpha value is -0.590. The predicted octanol–water partition coefficient (Wildman–Crippen LogP) is 1.56. The van der Waals surface area contributed by atoms with Gasteiger partial charge in [-0.3, -0.25) is 10.4 Å². The van der Waals surface area contributed by atoms with Crippen molar-refractivity contribution < 1.29 is 0 Å². The Morgan fingerprint density at radius 2 is 2.13 bits per heavy atom. The fraction of sp³-hybridized carbons (Fsp3) is 0.125. The molecule has 7 heteroatoms. The van der Waals surface area contributed by atoms with E-state index in [0.717, 1.165) is 5.56 Å². The van der Waals surface area contributed by atoms with Gasteiger partial charge in [0.25, 0.3) is 0 Å². The molecule has 1 aliphatic heterocycles. The highest BCUT2D eigenvalue weighted by Crippen LogP contribution is 2.28. The normalized spacial score (nSPS) is 20.6. The molecule has 1 aliphatic rings. The first-order chi connectivity index (χ1) is 7.09. The van der Waals surface area contributed by atoms with E-state index in [-0.39, 0.29) is 6.17 Å². The summed E-state index contributed by atoms with van der Waals surface area (Å²) in [5.74, 6) is 5.74. The van der Waals surface area contributed by atoms with Crippen molar-refractivity contribution in [2.75, 3.05) is 0 Å². The molecule has 0 saturated carbocycles. The summed E-state index contributed by atoms with van der Waals surface area (Å²) < 4.78 is 0. The zero-order valence-electron chi connectivity index (χ0n) is 7.50. The van der Waals surface area contributed by atoms with Gasteiger partial charge in [0, 0.05) is 15.6 Å². The van der Waals surface area contributed by atoms with Crippen molar-refractivity contribution >= 4 is 40.5 Å². The Bertz CT molecular complexity index is 412. The maximum atomic E-state index is 6.04. The molecule has 0 aliphatic carbocycles. The van der Waals surface area contributed by atoms with Gasteiger partial charge in [-0.05, 0) is 24.4 Å². The van der Waals surface area contributed by atoms with Gasteiger partial charge in [-0.2, -0.15) is 0 Å². The number of hydrogen-bond donors (Lipinski definition) is 3. The molecule has 1 unspecified atom stereocenters. The van der Waals surface area contributed by atoms with Crippen LogP contribution in [0.25, 0.3) is 0 Å². The Kier molecular flexibility index (Phi) is 2.99. The highest BCUT2D eigenvalue weighted by Gasteiger charge is 2.27. The highest BCUT2D eigenvalue weighted by molar-refractivity contribution is 7.80. The van der Waals surface area contributed by atoms with E-state index in [1.807, 2.05) is 0 Å². The van der Waals surface area contributed by atoms with Gasteiger partial charge in [0.2, 0.25) is 0 Å². The van der Waals surface area contributed by atoms with E-state index in [1.54, 1.807) is 18.2 Å². The van der Waals surface area contributed by atoms with Crippen LogP contribution in [0.4, 0.5) is 0 Å². The van der Waals surface area contributed by atoms with Crippen LogP contribution in [0.5, 0.6) is 0 Å². The van der Waals surface area contributed by atoms with Crippen LogP contribution in [-0.2, 0) is 0 Å². The summed E-state index contributed by atoms with van der Waals surface area (Å²) in [7, 11) is 0. The van der Waals surface area contributed by atoms with E-state index in [1.165, 1.54) is 5.01 Å². The third kappa shape index (κ3) is 2.02. The summed E-state index contributed by atoms with van der Waals surface area (Å²) in [6.45, 7) is 0. The molecule has 1 saturated heterocycles. The number of nitrogens with two attached hydrogens (primary N) is 1. The van der Waals surface area contributed by atoms with Crippen molar-refractivity contribution in [2.24, 2.45) is 5.84 Å². The Labute approximate surface area is 102 Å². The van der Waals surface area contributed by atoms with Crippen LogP contribution >= 0.6 is 35.4 Å². The third-order valence-corrected chi connectivity index (χ3v) is 2.96. The molecule has 1 aromatic carbocycles. The van der Waals surface area contributed by atoms with Gasteiger partial charge < -0.3 is 0 Å². The average Bonchev–Trinajstić information content (AvgIpc) is 2.49. The molecule has 2 rings (SSSR count). The molecule has 0 spiro atoms. The lowest BCUT2D eigenvalue weighted by Crippen LogP contribution is -2.36. The minimum absolute atomic E-state index is 0.276. The van der Waals surface area contributed by atoms with Gasteiger partial charge in [-0.1, -0.05) is 29.3 Å². The molecular weight excluding hydrogens is 255 g/mol. The van der Waals surface area contributed by atoms with Crippen LogP contribution in [0, 0.1) is 0 Å². The number of benzene rings is 1. The largest absolute Gasteiger partial charge is 0.295 e. The summed E-state index contributed by atoms with van der Waals surface area (Å²) in [6.07, 6.45) is -0.276. The van der Waals surface area contributed by atoms with Crippen LogP contribution in [0.3, 0.4) is 0 Å². The second-order valence-corrected chi connectivity index (χ2v) is 4.28. The van der Waals surface area contributed by atoms with E-state index in [2.05, 4.69) is 10.9 Å². The molecular formula is C8H8Cl2N4S. The van der Waals surface area contributed by atoms with Gasteiger partial charge >= 0.3 is 0 Å². The second-order valence-electron chi connectivity index (χ2n) is 3.05. The number of thiocarbonyl (C=S) groups is 1. The van der Waals surface area contributed by atoms with Crippen LogP contribution in [0.2, 0.25) is 10.0 Å². The highest BCUT2D eigenvalue weighted by atomic mass is 35.5.